The number of hydrogen-bond donors (Lipinski definition) is 0. The van der Waals surface area contributed by atoms with Crippen LogP contribution in [0, 0.1) is 0 Å². The summed E-state index contributed by atoms with van der Waals surface area (Å²) in [6.45, 7) is 0. The van der Waals surface area contributed by atoms with E-state index in [9.17, 15) is 4.79 Å². The molecule has 0 aliphatic carbocycles. The van der Waals surface area contributed by atoms with Crippen molar-refractivity contribution in [1.82, 2.24) is 4.90 Å². The van der Waals surface area contributed by atoms with Gasteiger partial charge in [-0.3, -0.25) is 0 Å². The number of nitrogens with zero attached hydrogens (tertiary/aromatic N) is 1. The molecule has 1 amide bonds. The molecule has 0 aromatic rings. The Morgan fingerprint density at radius 3 is 1.57 bits per heavy atom. The van der Waals surface area contributed by atoms with E-state index in [0.29, 0.717) is 0 Å². The van der Waals surface area contributed by atoms with E-state index in [4.69, 9.17) is 0 Å². The van der Waals surface area contributed by atoms with Crippen molar-refractivity contribution in [2.24, 2.45) is 0 Å². The Morgan fingerprint density at radius 2 is 1.57 bits per heavy atom. The van der Waals surface area contributed by atoms with Crippen molar-refractivity contribution < 1.29 is 37.5 Å². The largest absolute Gasteiger partial charge is 0.693 e. The van der Waals surface area contributed by atoms with Crippen molar-refractivity contribution >= 4 is 6.41 Å². The molecule has 0 unspecified atom stereocenters. The Labute approximate surface area is 68.9 Å². The molecule has 0 saturated heterocycles. The minimum atomic E-state index is 0. The topological polar surface area (TPSA) is 53.8 Å². The van der Waals surface area contributed by atoms with Crippen molar-refractivity contribution in [1.29, 1.82) is 0 Å². The molecular weight excluding hydrogens is 169 g/mol. The third kappa shape index (κ3) is 20.9. The third-order valence-corrected chi connectivity index (χ3v) is 0.183. The Hall–Kier alpha value is 0.534. The Balaban J connectivity index is -0.0000000800. The Kier molecular flexibility index (Phi) is 21.8. The minimum Gasteiger partial charge on any atom is -0.693 e. The summed E-state index contributed by atoms with van der Waals surface area (Å²) >= 11 is 0. The van der Waals surface area contributed by atoms with Crippen molar-refractivity contribution in [3.05, 3.63) is 6.15 Å². The van der Waals surface area contributed by atoms with Gasteiger partial charge >= 0.3 is 0 Å². The van der Waals surface area contributed by atoms with Gasteiger partial charge in [-0.2, -0.15) is 6.41 Å². The molecule has 0 fully saturated rings. The summed E-state index contributed by atoms with van der Waals surface area (Å²) in [5, 5.41) is 0. The molecule has 3 nitrogen and oxygen atoms in total. The van der Waals surface area contributed by atoms with Gasteiger partial charge in [0, 0.05) is 32.7 Å². The fourth-order valence-corrected chi connectivity index (χ4v) is 0. The van der Waals surface area contributed by atoms with Crippen LogP contribution in [0.15, 0.2) is 0 Å². The van der Waals surface area contributed by atoms with Crippen LogP contribution < -0.4 is 0 Å². The van der Waals surface area contributed by atoms with Crippen LogP contribution in [0.3, 0.4) is 0 Å². The van der Waals surface area contributed by atoms with E-state index in [0.717, 1.165) is 0 Å². The van der Waals surface area contributed by atoms with Gasteiger partial charge < -0.3 is 15.8 Å². The molecule has 0 bridgehead atoms. The van der Waals surface area contributed by atoms with E-state index in [1.807, 2.05) is 0 Å². The Morgan fingerprint density at radius 1 is 1.43 bits per heavy atom. The number of rotatable bonds is 1. The van der Waals surface area contributed by atoms with Gasteiger partial charge in [-0.25, -0.2) is 0 Å². The molecule has 0 aliphatic heterocycles. The van der Waals surface area contributed by atoms with Gasteiger partial charge in [-0.15, -0.1) is 0 Å². The molecule has 0 saturated carbocycles. The number of hydrogen-bond acceptors (Lipinski definition) is 1. The van der Waals surface area contributed by atoms with Crippen molar-refractivity contribution in [2.75, 3.05) is 14.1 Å². The zero-order chi connectivity index (χ0) is 4.28. The van der Waals surface area contributed by atoms with Crippen molar-refractivity contribution in [3.8, 4) is 0 Å². The van der Waals surface area contributed by atoms with Crippen LogP contribution in [0.5, 0.6) is 0 Å². The van der Waals surface area contributed by atoms with Crippen LogP contribution in [0.25, 0.3) is 6.15 Å². The fraction of sp³-hybridized carbons (Fsp3) is 0.667. The first-order chi connectivity index (χ1) is 2.27. The molecule has 4 heteroatoms. The van der Waals surface area contributed by atoms with Gasteiger partial charge in [0.2, 0.25) is 0 Å². The summed E-state index contributed by atoms with van der Waals surface area (Å²) in [5.41, 5.74) is 0. The van der Waals surface area contributed by atoms with E-state index in [1.165, 1.54) is 4.90 Å². The van der Waals surface area contributed by atoms with Crippen LogP contribution >= 0.6 is 0 Å². The first-order valence-corrected chi connectivity index (χ1v) is 1.32. The zero-order valence-corrected chi connectivity index (χ0v) is 7.35. The van der Waals surface area contributed by atoms with E-state index >= 15 is 0 Å². The molecular formula is C3H8N2OY-2. The van der Waals surface area contributed by atoms with E-state index in [1.54, 1.807) is 20.5 Å². The first-order valence-electron chi connectivity index (χ1n) is 1.32. The summed E-state index contributed by atoms with van der Waals surface area (Å²) in [4.78, 5) is 10.6. The molecule has 0 atom stereocenters. The van der Waals surface area contributed by atoms with Crippen LogP contribution in [0.4, 0.5) is 0 Å². The smallest absolute Gasteiger partial charge is 0 e. The fourth-order valence-electron chi connectivity index (χ4n) is 0. The SMILES string of the molecule is CN(C)[C-]=O.[NH2-].[Y]. The second-order valence-electron chi connectivity index (χ2n) is 0.986. The summed E-state index contributed by atoms with van der Waals surface area (Å²) in [6.07, 6.45) is 1.61. The van der Waals surface area contributed by atoms with Gasteiger partial charge in [-0.1, -0.05) is 0 Å². The van der Waals surface area contributed by atoms with Gasteiger partial charge in [0.25, 0.3) is 0 Å². The average molecular weight is 177 g/mol. The van der Waals surface area contributed by atoms with Gasteiger partial charge in [-0.05, 0) is 14.1 Å². The summed E-state index contributed by atoms with van der Waals surface area (Å²) in [5.74, 6) is 0. The predicted octanol–water partition coefficient (Wildman–Crippen LogP) is 0.330. The van der Waals surface area contributed by atoms with Crippen LogP contribution in [0.1, 0.15) is 0 Å². The van der Waals surface area contributed by atoms with E-state index in [-0.39, 0.29) is 38.9 Å². The maximum absolute atomic E-state index is 9.31. The van der Waals surface area contributed by atoms with E-state index in [2.05, 4.69) is 0 Å². The van der Waals surface area contributed by atoms with E-state index < -0.39 is 0 Å². The number of carbonyl (C=O) groups excluding carboxylic acids is 1. The number of nitrogens with two attached hydrogens (primary N) is 1. The molecule has 1 radical (unpaired) electrons. The summed E-state index contributed by atoms with van der Waals surface area (Å²) in [6, 6.07) is 0. The molecule has 41 valence electrons. The standard InChI is InChI=1S/C3H6NO.H2N.Y/c1-4(2)3-5;;/h1-2H3;1H2;/q2*-1;. The first kappa shape index (κ1) is 15.6. The monoisotopic (exact) mass is 177 g/mol. The normalized spacial score (nSPS) is 4.86. The number of amides is 1. The summed E-state index contributed by atoms with van der Waals surface area (Å²) < 4.78 is 0. The third-order valence-electron chi connectivity index (χ3n) is 0.183. The zero-order valence-electron chi connectivity index (χ0n) is 4.51. The Bertz CT molecular complexity index is 39.9. The second kappa shape index (κ2) is 9.73. The molecule has 0 aromatic heterocycles. The van der Waals surface area contributed by atoms with Gasteiger partial charge in [0.1, 0.15) is 0 Å². The molecule has 0 aromatic carbocycles. The second-order valence-corrected chi connectivity index (χ2v) is 0.986. The van der Waals surface area contributed by atoms with Gasteiger partial charge in [0.05, 0.1) is 0 Å². The van der Waals surface area contributed by atoms with Gasteiger partial charge in [0.15, 0.2) is 0 Å². The molecule has 0 rings (SSSR count). The minimum absolute atomic E-state index is 0. The average Bonchev–Trinajstić information content (AvgIpc) is 1.38. The van der Waals surface area contributed by atoms with Crippen molar-refractivity contribution in [3.63, 3.8) is 0 Å². The predicted molar refractivity (Wildman–Crippen MR) is 24.7 cm³/mol. The quantitative estimate of drug-likeness (QED) is 0.420. The molecule has 0 heterocycles. The maximum atomic E-state index is 9.31. The van der Waals surface area contributed by atoms with Crippen LogP contribution in [-0.2, 0) is 37.5 Å². The molecule has 2 N–H and O–H groups in total. The summed E-state index contributed by atoms with van der Waals surface area (Å²) in [7, 11) is 3.26. The van der Waals surface area contributed by atoms with Crippen molar-refractivity contribution in [2.45, 2.75) is 0 Å². The molecule has 7 heavy (non-hydrogen) atoms. The molecule has 0 spiro atoms. The molecule has 0 aliphatic rings. The van der Waals surface area contributed by atoms with Crippen LogP contribution in [0.2, 0.25) is 0 Å². The maximum Gasteiger partial charge on any atom is 0 e. The van der Waals surface area contributed by atoms with Crippen LogP contribution in [-0.4, -0.2) is 25.4 Å².